The van der Waals surface area contributed by atoms with Gasteiger partial charge in [0.1, 0.15) is 0 Å². The summed E-state index contributed by atoms with van der Waals surface area (Å²) in [6.07, 6.45) is 0.816. The summed E-state index contributed by atoms with van der Waals surface area (Å²) in [5, 5.41) is 0. The predicted molar refractivity (Wildman–Crippen MR) is 67.8 cm³/mol. The highest BCUT2D eigenvalue weighted by Crippen LogP contribution is 2.04. The molecule has 102 valence electrons. The van der Waals surface area contributed by atoms with Gasteiger partial charge in [-0.05, 0) is 12.3 Å². The third-order valence-corrected chi connectivity index (χ3v) is 2.66. The first kappa shape index (κ1) is 16.4. The fraction of sp³-hybridized carbons (Fsp3) is 0.917. The van der Waals surface area contributed by atoms with Gasteiger partial charge in [0.2, 0.25) is 5.91 Å². The number of rotatable bonds is 9. The Kier molecular flexibility index (Phi) is 9.03. The highest BCUT2D eigenvalue weighted by molar-refractivity contribution is 5.81. The molecule has 1 atom stereocenters. The molecule has 0 saturated carbocycles. The number of hydrogen-bond donors (Lipinski definition) is 1. The van der Waals surface area contributed by atoms with Crippen molar-refractivity contribution in [2.45, 2.75) is 26.3 Å². The lowest BCUT2D eigenvalue weighted by Gasteiger charge is -2.27. The first-order valence-electron chi connectivity index (χ1n) is 6.06. The summed E-state index contributed by atoms with van der Waals surface area (Å²) in [5.74, 6) is 0.142. The Morgan fingerprint density at radius 2 is 1.76 bits per heavy atom. The predicted octanol–water partition coefficient (Wildman–Crippen LogP) is 0.481. The van der Waals surface area contributed by atoms with Crippen LogP contribution in [0.5, 0.6) is 0 Å². The second kappa shape index (κ2) is 9.39. The van der Waals surface area contributed by atoms with Crippen LogP contribution < -0.4 is 5.73 Å². The quantitative estimate of drug-likeness (QED) is 0.601. The van der Waals surface area contributed by atoms with E-state index in [9.17, 15) is 4.79 Å². The molecule has 5 nitrogen and oxygen atoms in total. The molecule has 0 aromatic rings. The Labute approximate surface area is 104 Å². The Morgan fingerprint density at radius 1 is 1.18 bits per heavy atom. The maximum absolute atomic E-state index is 12.1. The molecule has 0 bridgehead atoms. The van der Waals surface area contributed by atoms with Gasteiger partial charge < -0.3 is 20.1 Å². The van der Waals surface area contributed by atoms with Crippen LogP contribution >= 0.6 is 0 Å². The zero-order valence-electron chi connectivity index (χ0n) is 11.4. The molecule has 0 aliphatic carbocycles. The monoisotopic (exact) mass is 246 g/mol. The van der Waals surface area contributed by atoms with E-state index in [2.05, 4.69) is 0 Å². The largest absolute Gasteiger partial charge is 0.385 e. The van der Waals surface area contributed by atoms with Crippen molar-refractivity contribution in [3.63, 3.8) is 0 Å². The minimum Gasteiger partial charge on any atom is -0.385 e. The summed E-state index contributed by atoms with van der Waals surface area (Å²) in [7, 11) is 3.28. The summed E-state index contributed by atoms with van der Waals surface area (Å²) in [6.45, 7) is 6.32. The number of methoxy groups -OCH3 is 2. The van der Waals surface area contributed by atoms with Gasteiger partial charge in [-0.25, -0.2) is 0 Å². The van der Waals surface area contributed by atoms with Crippen molar-refractivity contribution >= 4 is 5.91 Å². The molecule has 0 aliphatic rings. The first-order valence-corrected chi connectivity index (χ1v) is 6.06. The molecule has 0 fully saturated rings. The zero-order chi connectivity index (χ0) is 13.3. The maximum Gasteiger partial charge on any atom is 0.239 e. The van der Waals surface area contributed by atoms with Crippen LogP contribution in [0.4, 0.5) is 0 Å². The average Bonchev–Trinajstić information content (AvgIpc) is 2.31. The van der Waals surface area contributed by atoms with E-state index in [0.29, 0.717) is 26.3 Å². The topological polar surface area (TPSA) is 64.8 Å². The summed E-state index contributed by atoms with van der Waals surface area (Å²) < 4.78 is 9.99. The lowest BCUT2D eigenvalue weighted by Crippen LogP contribution is -2.48. The number of nitrogens with zero attached hydrogens (tertiary/aromatic N) is 1. The Balaban J connectivity index is 4.28. The van der Waals surface area contributed by atoms with E-state index in [-0.39, 0.29) is 11.8 Å². The second-order valence-corrected chi connectivity index (χ2v) is 4.43. The van der Waals surface area contributed by atoms with Crippen molar-refractivity contribution in [2.24, 2.45) is 11.7 Å². The highest BCUT2D eigenvalue weighted by Gasteiger charge is 2.22. The number of amides is 1. The van der Waals surface area contributed by atoms with Crippen molar-refractivity contribution in [2.75, 3.05) is 40.5 Å². The third-order valence-electron chi connectivity index (χ3n) is 2.66. The van der Waals surface area contributed by atoms with Crippen LogP contribution in [-0.2, 0) is 14.3 Å². The minimum absolute atomic E-state index is 0.00634. The van der Waals surface area contributed by atoms with Crippen LogP contribution in [0.2, 0.25) is 0 Å². The maximum atomic E-state index is 12.1. The van der Waals surface area contributed by atoms with Gasteiger partial charge in [0.05, 0.1) is 12.6 Å². The molecule has 0 saturated heterocycles. The van der Waals surface area contributed by atoms with Crippen LogP contribution in [0, 0.1) is 5.92 Å². The molecule has 2 N–H and O–H groups in total. The normalized spacial score (nSPS) is 12.8. The molecule has 5 heteroatoms. The molecule has 0 heterocycles. The molecule has 0 unspecified atom stereocenters. The van der Waals surface area contributed by atoms with E-state index in [1.165, 1.54) is 0 Å². The standard InChI is InChI=1S/C12H26N2O3/c1-10(2)11(13)12(15)14(7-9-17-4)6-5-8-16-3/h10-11H,5-9,13H2,1-4H3/t11-/m1/s1. The van der Waals surface area contributed by atoms with Crippen molar-refractivity contribution < 1.29 is 14.3 Å². The van der Waals surface area contributed by atoms with E-state index in [1.807, 2.05) is 13.8 Å². The smallest absolute Gasteiger partial charge is 0.239 e. The third kappa shape index (κ3) is 6.61. The lowest BCUT2D eigenvalue weighted by molar-refractivity contribution is -0.134. The molecule has 0 aromatic heterocycles. The molecule has 0 aromatic carbocycles. The number of carbonyl (C=O) groups excluding carboxylic acids is 1. The first-order chi connectivity index (χ1) is 8.04. The van der Waals surface area contributed by atoms with Gasteiger partial charge in [-0.3, -0.25) is 4.79 Å². The summed E-state index contributed by atoms with van der Waals surface area (Å²) in [6, 6.07) is -0.436. The highest BCUT2D eigenvalue weighted by atomic mass is 16.5. The molecule has 0 rings (SSSR count). The SMILES string of the molecule is COCCCN(CCOC)C(=O)[C@H](N)C(C)C. The van der Waals surface area contributed by atoms with Crippen LogP contribution in [-0.4, -0.2) is 57.4 Å². The average molecular weight is 246 g/mol. The number of nitrogens with two attached hydrogens (primary N) is 1. The van der Waals surface area contributed by atoms with Crippen LogP contribution in [0.25, 0.3) is 0 Å². The Bertz CT molecular complexity index is 210. The van der Waals surface area contributed by atoms with Crippen molar-refractivity contribution in [3.8, 4) is 0 Å². The van der Waals surface area contributed by atoms with E-state index in [1.54, 1.807) is 19.1 Å². The van der Waals surface area contributed by atoms with Crippen molar-refractivity contribution in [1.82, 2.24) is 4.90 Å². The van der Waals surface area contributed by atoms with Crippen LogP contribution in [0.1, 0.15) is 20.3 Å². The van der Waals surface area contributed by atoms with Crippen LogP contribution in [0.15, 0.2) is 0 Å². The van der Waals surface area contributed by atoms with E-state index in [4.69, 9.17) is 15.2 Å². The second-order valence-electron chi connectivity index (χ2n) is 4.43. The molecule has 17 heavy (non-hydrogen) atoms. The molecular formula is C12H26N2O3. The molecular weight excluding hydrogens is 220 g/mol. The van der Waals surface area contributed by atoms with Gasteiger partial charge in [-0.2, -0.15) is 0 Å². The number of ether oxygens (including phenoxy) is 2. The molecule has 1 amide bonds. The summed E-state index contributed by atoms with van der Waals surface area (Å²) in [4.78, 5) is 13.8. The Hall–Kier alpha value is -0.650. The van der Waals surface area contributed by atoms with Crippen molar-refractivity contribution in [3.05, 3.63) is 0 Å². The number of carbonyl (C=O) groups is 1. The Morgan fingerprint density at radius 3 is 2.24 bits per heavy atom. The molecule has 0 spiro atoms. The lowest BCUT2D eigenvalue weighted by atomic mass is 10.0. The summed E-state index contributed by atoms with van der Waals surface area (Å²) >= 11 is 0. The van der Waals surface area contributed by atoms with Gasteiger partial charge >= 0.3 is 0 Å². The molecule has 0 aliphatic heterocycles. The van der Waals surface area contributed by atoms with Crippen LogP contribution in [0.3, 0.4) is 0 Å². The zero-order valence-corrected chi connectivity index (χ0v) is 11.4. The van der Waals surface area contributed by atoms with Gasteiger partial charge in [-0.15, -0.1) is 0 Å². The minimum atomic E-state index is -0.436. The van der Waals surface area contributed by atoms with Crippen molar-refractivity contribution in [1.29, 1.82) is 0 Å². The van der Waals surface area contributed by atoms with E-state index < -0.39 is 6.04 Å². The van der Waals surface area contributed by atoms with Gasteiger partial charge in [-0.1, -0.05) is 13.8 Å². The number of hydrogen-bond acceptors (Lipinski definition) is 4. The van der Waals surface area contributed by atoms with E-state index >= 15 is 0 Å². The van der Waals surface area contributed by atoms with Gasteiger partial charge in [0, 0.05) is 33.9 Å². The summed E-state index contributed by atoms with van der Waals surface area (Å²) in [5.41, 5.74) is 5.87. The molecule has 0 radical (unpaired) electrons. The van der Waals surface area contributed by atoms with E-state index in [0.717, 1.165) is 6.42 Å². The fourth-order valence-electron chi connectivity index (χ4n) is 1.43. The van der Waals surface area contributed by atoms with Gasteiger partial charge in [0.15, 0.2) is 0 Å². The fourth-order valence-corrected chi connectivity index (χ4v) is 1.43. The van der Waals surface area contributed by atoms with Gasteiger partial charge in [0.25, 0.3) is 0 Å².